The first-order chi connectivity index (χ1) is 10.7. The van der Waals surface area contributed by atoms with Gasteiger partial charge in [-0.3, -0.25) is 9.79 Å². The van der Waals surface area contributed by atoms with Gasteiger partial charge < -0.3 is 20.4 Å². The first-order valence-electron chi connectivity index (χ1n) is 8.70. The molecule has 0 aliphatic carbocycles. The monoisotopic (exact) mass is 309 g/mol. The second kappa shape index (κ2) is 8.98. The number of rotatable bonds is 5. The van der Waals surface area contributed by atoms with E-state index in [0.29, 0.717) is 12.5 Å². The van der Waals surface area contributed by atoms with Crippen molar-refractivity contribution < 1.29 is 4.79 Å². The molecule has 2 rings (SSSR count). The molecule has 2 aliphatic rings. The highest BCUT2D eigenvalue weighted by molar-refractivity contribution is 5.80. The molecular weight excluding hydrogens is 278 g/mol. The first-order valence-corrected chi connectivity index (χ1v) is 8.70. The first kappa shape index (κ1) is 17.1. The Balaban J connectivity index is 1.66. The Morgan fingerprint density at radius 1 is 1.23 bits per heavy atom. The number of hydrogen-bond acceptors (Lipinski definition) is 3. The van der Waals surface area contributed by atoms with E-state index in [0.717, 1.165) is 38.6 Å². The van der Waals surface area contributed by atoms with Crippen LogP contribution in [-0.2, 0) is 4.79 Å². The van der Waals surface area contributed by atoms with Gasteiger partial charge in [0.05, 0.1) is 0 Å². The highest BCUT2D eigenvalue weighted by Crippen LogP contribution is 2.10. The van der Waals surface area contributed by atoms with Crippen molar-refractivity contribution in [2.75, 3.05) is 46.3 Å². The fourth-order valence-electron chi connectivity index (χ4n) is 3.23. The number of hydrogen-bond donors (Lipinski definition) is 2. The van der Waals surface area contributed by atoms with Gasteiger partial charge in [0.25, 0.3) is 0 Å². The minimum atomic E-state index is 0.248. The highest BCUT2D eigenvalue weighted by atomic mass is 16.2. The van der Waals surface area contributed by atoms with E-state index in [4.69, 9.17) is 0 Å². The molecule has 6 heteroatoms. The maximum Gasteiger partial charge on any atom is 0.222 e. The van der Waals surface area contributed by atoms with Crippen LogP contribution in [0.2, 0.25) is 0 Å². The Hall–Kier alpha value is -1.30. The summed E-state index contributed by atoms with van der Waals surface area (Å²) in [5.74, 6) is 1.10. The molecule has 0 bridgehead atoms. The van der Waals surface area contributed by atoms with E-state index in [1.807, 2.05) is 11.8 Å². The van der Waals surface area contributed by atoms with Crippen molar-refractivity contribution in [2.45, 2.75) is 45.1 Å². The second-order valence-electron chi connectivity index (χ2n) is 6.22. The summed E-state index contributed by atoms with van der Waals surface area (Å²) in [4.78, 5) is 20.5. The fraction of sp³-hybridized carbons (Fsp3) is 0.875. The Morgan fingerprint density at radius 3 is 2.68 bits per heavy atom. The predicted molar refractivity (Wildman–Crippen MR) is 90.1 cm³/mol. The fourth-order valence-corrected chi connectivity index (χ4v) is 3.23. The standard InChI is InChI=1S/C16H31N5O/c1-3-15(22)21-11-7-14(13-21)19-16(17-2)18-8-12-20-9-5-4-6-10-20/h14H,3-13H2,1-2H3,(H2,17,18,19). The molecule has 2 heterocycles. The van der Waals surface area contributed by atoms with Gasteiger partial charge in [-0.2, -0.15) is 0 Å². The topological polar surface area (TPSA) is 60.0 Å². The average molecular weight is 309 g/mol. The third-order valence-electron chi connectivity index (χ3n) is 4.58. The molecular formula is C16H31N5O. The Morgan fingerprint density at radius 2 is 2.00 bits per heavy atom. The number of amides is 1. The van der Waals surface area contributed by atoms with Crippen molar-refractivity contribution in [3.63, 3.8) is 0 Å². The number of piperidine rings is 1. The van der Waals surface area contributed by atoms with Crippen molar-refractivity contribution in [3.05, 3.63) is 0 Å². The Kier molecular flexibility index (Phi) is 6.96. The van der Waals surface area contributed by atoms with Gasteiger partial charge in [0, 0.05) is 45.7 Å². The minimum Gasteiger partial charge on any atom is -0.355 e. The smallest absolute Gasteiger partial charge is 0.222 e. The van der Waals surface area contributed by atoms with E-state index >= 15 is 0 Å². The number of carbonyl (C=O) groups is 1. The van der Waals surface area contributed by atoms with E-state index in [1.165, 1.54) is 32.4 Å². The summed E-state index contributed by atoms with van der Waals surface area (Å²) in [7, 11) is 1.81. The van der Waals surface area contributed by atoms with Gasteiger partial charge in [-0.15, -0.1) is 0 Å². The van der Waals surface area contributed by atoms with Gasteiger partial charge in [-0.1, -0.05) is 13.3 Å². The van der Waals surface area contributed by atoms with Gasteiger partial charge in [0.15, 0.2) is 5.96 Å². The lowest BCUT2D eigenvalue weighted by Gasteiger charge is -2.27. The maximum atomic E-state index is 11.7. The number of nitrogens with zero attached hydrogens (tertiary/aromatic N) is 3. The van der Waals surface area contributed by atoms with Crippen LogP contribution in [0, 0.1) is 0 Å². The summed E-state index contributed by atoms with van der Waals surface area (Å²) in [6.07, 6.45) is 5.63. The van der Waals surface area contributed by atoms with Crippen molar-refractivity contribution in [2.24, 2.45) is 4.99 Å². The number of likely N-dealkylation sites (tertiary alicyclic amines) is 2. The maximum absolute atomic E-state index is 11.7. The molecule has 2 aliphatic heterocycles. The second-order valence-corrected chi connectivity index (χ2v) is 6.22. The van der Waals surface area contributed by atoms with E-state index in [-0.39, 0.29) is 5.91 Å². The molecule has 1 unspecified atom stereocenters. The predicted octanol–water partition coefficient (Wildman–Crippen LogP) is 0.648. The van der Waals surface area contributed by atoms with Crippen LogP contribution >= 0.6 is 0 Å². The van der Waals surface area contributed by atoms with E-state index < -0.39 is 0 Å². The molecule has 2 saturated heterocycles. The lowest BCUT2D eigenvalue weighted by Crippen LogP contribution is -2.47. The lowest BCUT2D eigenvalue weighted by molar-refractivity contribution is -0.129. The van der Waals surface area contributed by atoms with Crippen LogP contribution < -0.4 is 10.6 Å². The van der Waals surface area contributed by atoms with Crippen LogP contribution in [0.4, 0.5) is 0 Å². The number of aliphatic imine (C=N–C) groups is 1. The van der Waals surface area contributed by atoms with Crippen molar-refractivity contribution in [3.8, 4) is 0 Å². The van der Waals surface area contributed by atoms with Crippen LogP contribution in [0.25, 0.3) is 0 Å². The van der Waals surface area contributed by atoms with Crippen LogP contribution in [0.3, 0.4) is 0 Å². The summed E-state index contributed by atoms with van der Waals surface area (Å²) in [6.45, 7) is 8.02. The van der Waals surface area contributed by atoms with Crippen molar-refractivity contribution in [1.82, 2.24) is 20.4 Å². The molecule has 0 radical (unpaired) electrons. The van der Waals surface area contributed by atoms with E-state index in [2.05, 4.69) is 20.5 Å². The molecule has 0 aromatic heterocycles. The zero-order valence-electron chi connectivity index (χ0n) is 14.1. The zero-order chi connectivity index (χ0) is 15.8. The number of guanidine groups is 1. The van der Waals surface area contributed by atoms with Gasteiger partial charge in [-0.25, -0.2) is 0 Å². The molecule has 2 fully saturated rings. The number of carbonyl (C=O) groups excluding carboxylic acids is 1. The summed E-state index contributed by atoms with van der Waals surface area (Å²) >= 11 is 0. The molecule has 126 valence electrons. The molecule has 0 aromatic rings. The van der Waals surface area contributed by atoms with E-state index in [1.54, 1.807) is 7.05 Å². The van der Waals surface area contributed by atoms with Gasteiger partial charge in [0.2, 0.25) is 5.91 Å². The quantitative estimate of drug-likeness (QED) is 0.578. The zero-order valence-corrected chi connectivity index (χ0v) is 14.1. The van der Waals surface area contributed by atoms with Gasteiger partial charge in [0.1, 0.15) is 0 Å². The normalized spacial score (nSPS) is 23.6. The molecule has 22 heavy (non-hydrogen) atoms. The SMILES string of the molecule is CCC(=O)N1CCC(NC(=NC)NCCN2CCCCC2)C1. The molecule has 6 nitrogen and oxygen atoms in total. The summed E-state index contributed by atoms with van der Waals surface area (Å²) in [5, 5.41) is 6.83. The average Bonchev–Trinajstić information content (AvgIpc) is 3.02. The largest absolute Gasteiger partial charge is 0.355 e. The lowest BCUT2D eigenvalue weighted by atomic mass is 10.1. The van der Waals surface area contributed by atoms with Crippen molar-refractivity contribution >= 4 is 11.9 Å². The van der Waals surface area contributed by atoms with Crippen LogP contribution in [0.5, 0.6) is 0 Å². The Labute approximate surface area is 134 Å². The van der Waals surface area contributed by atoms with Crippen molar-refractivity contribution in [1.29, 1.82) is 0 Å². The van der Waals surface area contributed by atoms with Crippen LogP contribution in [0.15, 0.2) is 4.99 Å². The molecule has 1 atom stereocenters. The molecule has 1 amide bonds. The van der Waals surface area contributed by atoms with Gasteiger partial charge >= 0.3 is 0 Å². The number of nitrogens with one attached hydrogen (secondary N) is 2. The van der Waals surface area contributed by atoms with Gasteiger partial charge in [-0.05, 0) is 32.4 Å². The molecule has 0 spiro atoms. The summed E-state index contributed by atoms with van der Waals surface area (Å²) in [5.41, 5.74) is 0. The summed E-state index contributed by atoms with van der Waals surface area (Å²) < 4.78 is 0. The highest BCUT2D eigenvalue weighted by Gasteiger charge is 2.25. The van der Waals surface area contributed by atoms with Crippen LogP contribution in [0.1, 0.15) is 39.0 Å². The van der Waals surface area contributed by atoms with Crippen LogP contribution in [-0.4, -0.2) is 74.0 Å². The third-order valence-corrected chi connectivity index (χ3v) is 4.58. The Bertz CT molecular complexity index is 379. The summed E-state index contributed by atoms with van der Waals surface area (Å²) in [6, 6.07) is 0.316. The van der Waals surface area contributed by atoms with E-state index in [9.17, 15) is 4.79 Å². The third kappa shape index (κ3) is 5.16. The molecule has 2 N–H and O–H groups in total. The molecule has 0 aromatic carbocycles. The molecule has 0 saturated carbocycles. The minimum absolute atomic E-state index is 0.248.